The minimum absolute atomic E-state index is 0.109. The highest BCUT2D eigenvalue weighted by molar-refractivity contribution is 5.95. The van der Waals surface area contributed by atoms with Gasteiger partial charge in [0.15, 0.2) is 0 Å². The van der Waals surface area contributed by atoms with Gasteiger partial charge < -0.3 is 9.15 Å². The summed E-state index contributed by atoms with van der Waals surface area (Å²) in [6, 6.07) is 11.4. The Bertz CT molecular complexity index is 1010. The van der Waals surface area contributed by atoms with E-state index in [-0.39, 0.29) is 11.3 Å². The number of benzene rings is 2. The van der Waals surface area contributed by atoms with E-state index in [9.17, 15) is 14.9 Å². The second-order valence-corrected chi connectivity index (χ2v) is 5.54. The topological polar surface area (TPSA) is 107 Å². The summed E-state index contributed by atoms with van der Waals surface area (Å²) in [5.74, 6) is 0.537. The maximum atomic E-state index is 12.0. The number of fused-ring (bicyclic) bond motifs is 1. The molecule has 0 atom stereocenters. The average molecular weight is 353 g/mol. The first-order valence-corrected chi connectivity index (χ1v) is 7.64. The van der Waals surface area contributed by atoms with Gasteiger partial charge in [0.2, 0.25) is 5.58 Å². The number of furan rings is 1. The Kier molecular flexibility index (Phi) is 4.66. The summed E-state index contributed by atoms with van der Waals surface area (Å²) in [7, 11) is 1.54. The highest BCUT2D eigenvalue weighted by Crippen LogP contribution is 2.29. The minimum atomic E-state index is -0.495. The van der Waals surface area contributed by atoms with Gasteiger partial charge in [-0.25, -0.2) is 5.43 Å². The van der Waals surface area contributed by atoms with Crippen molar-refractivity contribution < 1.29 is 18.9 Å². The van der Waals surface area contributed by atoms with E-state index in [2.05, 4.69) is 10.5 Å². The van der Waals surface area contributed by atoms with Crippen molar-refractivity contribution in [2.24, 2.45) is 5.10 Å². The molecule has 3 aromatic rings. The van der Waals surface area contributed by atoms with Crippen molar-refractivity contribution in [2.45, 2.75) is 6.92 Å². The molecule has 0 unspecified atom stereocenters. The SMILES string of the molecule is COc1ccc(C(=O)N/N=C/c2cc3cc(C)cc([N+](=O)[O-])c3o2)cc1. The number of amides is 1. The standard InChI is InChI=1S/C18H15N3O5/c1-11-7-13-9-15(26-17(13)16(8-11)21(23)24)10-19-20-18(22)12-3-5-14(25-2)6-4-12/h3-10H,1-2H3,(H,20,22)/b19-10+. The Labute approximate surface area is 148 Å². The van der Waals surface area contributed by atoms with Gasteiger partial charge in [0.25, 0.3) is 5.91 Å². The Balaban J connectivity index is 1.76. The molecule has 0 saturated carbocycles. The van der Waals surface area contributed by atoms with E-state index in [0.717, 1.165) is 5.56 Å². The van der Waals surface area contributed by atoms with Gasteiger partial charge in [-0.1, -0.05) is 0 Å². The van der Waals surface area contributed by atoms with Crippen LogP contribution >= 0.6 is 0 Å². The van der Waals surface area contributed by atoms with E-state index in [0.29, 0.717) is 22.5 Å². The lowest BCUT2D eigenvalue weighted by Crippen LogP contribution is -2.17. The number of hydrogen-bond acceptors (Lipinski definition) is 6. The lowest BCUT2D eigenvalue weighted by atomic mass is 10.1. The van der Waals surface area contributed by atoms with Crippen molar-refractivity contribution in [3.8, 4) is 5.75 Å². The van der Waals surface area contributed by atoms with Gasteiger partial charge in [0.1, 0.15) is 11.5 Å². The Morgan fingerprint density at radius 1 is 1.27 bits per heavy atom. The van der Waals surface area contributed by atoms with Crippen LogP contribution in [0.2, 0.25) is 0 Å². The summed E-state index contributed by atoms with van der Waals surface area (Å²) < 4.78 is 10.5. The molecule has 1 amide bonds. The number of hydrogen-bond donors (Lipinski definition) is 1. The number of ether oxygens (including phenoxy) is 1. The van der Waals surface area contributed by atoms with E-state index < -0.39 is 10.8 Å². The number of nitrogens with zero attached hydrogens (tertiary/aromatic N) is 2. The highest BCUT2D eigenvalue weighted by atomic mass is 16.6. The number of hydrazone groups is 1. The van der Waals surface area contributed by atoms with Gasteiger partial charge in [-0.15, -0.1) is 0 Å². The fourth-order valence-corrected chi connectivity index (χ4v) is 2.46. The van der Waals surface area contributed by atoms with Crippen molar-refractivity contribution in [3.05, 3.63) is 69.5 Å². The van der Waals surface area contributed by atoms with Gasteiger partial charge in [0.05, 0.1) is 18.2 Å². The molecule has 26 heavy (non-hydrogen) atoms. The number of nitrogens with one attached hydrogen (secondary N) is 1. The molecule has 1 aromatic heterocycles. The molecule has 0 bridgehead atoms. The van der Waals surface area contributed by atoms with Gasteiger partial charge in [-0.2, -0.15) is 5.10 Å². The minimum Gasteiger partial charge on any atom is -0.497 e. The van der Waals surface area contributed by atoms with Crippen LogP contribution in [0.5, 0.6) is 5.75 Å². The fourth-order valence-electron chi connectivity index (χ4n) is 2.46. The first-order valence-electron chi connectivity index (χ1n) is 7.64. The van der Waals surface area contributed by atoms with E-state index >= 15 is 0 Å². The van der Waals surface area contributed by atoms with E-state index in [1.165, 1.54) is 12.3 Å². The van der Waals surface area contributed by atoms with E-state index in [4.69, 9.17) is 9.15 Å². The summed E-state index contributed by atoms with van der Waals surface area (Å²) in [4.78, 5) is 22.6. The van der Waals surface area contributed by atoms with Gasteiger partial charge >= 0.3 is 5.69 Å². The normalized spacial score (nSPS) is 11.0. The van der Waals surface area contributed by atoms with Gasteiger partial charge in [-0.3, -0.25) is 14.9 Å². The first-order chi connectivity index (χ1) is 12.5. The van der Waals surface area contributed by atoms with Crippen molar-refractivity contribution in [2.75, 3.05) is 7.11 Å². The number of nitro benzene ring substituents is 1. The second-order valence-electron chi connectivity index (χ2n) is 5.54. The molecule has 8 heteroatoms. The molecule has 0 fully saturated rings. The number of nitro groups is 1. The molecule has 0 aliphatic carbocycles. The largest absolute Gasteiger partial charge is 0.497 e. The fraction of sp³-hybridized carbons (Fsp3) is 0.111. The Morgan fingerprint density at radius 3 is 2.65 bits per heavy atom. The third kappa shape index (κ3) is 3.54. The third-order valence-electron chi connectivity index (χ3n) is 3.67. The number of non-ortho nitro benzene ring substituents is 1. The molecule has 132 valence electrons. The maximum absolute atomic E-state index is 12.0. The zero-order chi connectivity index (χ0) is 18.7. The second kappa shape index (κ2) is 7.06. The molecular formula is C18H15N3O5. The van der Waals surface area contributed by atoms with E-state index in [1.54, 1.807) is 50.4 Å². The first kappa shape index (κ1) is 17.2. The molecule has 0 aliphatic heterocycles. The summed E-state index contributed by atoms with van der Waals surface area (Å²) in [6.45, 7) is 1.77. The number of aryl methyl sites for hydroxylation is 1. The van der Waals surface area contributed by atoms with Crippen molar-refractivity contribution in [3.63, 3.8) is 0 Å². The zero-order valence-corrected chi connectivity index (χ0v) is 14.1. The highest BCUT2D eigenvalue weighted by Gasteiger charge is 2.17. The molecule has 0 radical (unpaired) electrons. The predicted molar refractivity (Wildman–Crippen MR) is 95.7 cm³/mol. The quantitative estimate of drug-likeness (QED) is 0.430. The van der Waals surface area contributed by atoms with Gasteiger partial charge in [0, 0.05) is 17.0 Å². The van der Waals surface area contributed by atoms with E-state index in [1.807, 2.05) is 0 Å². The molecule has 0 aliphatic rings. The molecule has 1 N–H and O–H groups in total. The molecule has 0 spiro atoms. The molecule has 8 nitrogen and oxygen atoms in total. The van der Waals surface area contributed by atoms with Crippen LogP contribution in [-0.4, -0.2) is 24.2 Å². The maximum Gasteiger partial charge on any atom is 0.312 e. The summed E-state index contributed by atoms with van der Waals surface area (Å²) in [5.41, 5.74) is 3.60. The number of rotatable bonds is 5. The third-order valence-corrected chi connectivity index (χ3v) is 3.67. The van der Waals surface area contributed by atoms with Crippen LogP contribution in [0.4, 0.5) is 5.69 Å². The van der Waals surface area contributed by atoms with Crippen LogP contribution in [0.15, 0.2) is 52.0 Å². The number of carbonyl (C=O) groups is 1. The predicted octanol–water partition coefficient (Wildman–Crippen LogP) is 3.42. The van der Waals surface area contributed by atoms with Gasteiger partial charge in [-0.05, 0) is 48.9 Å². The summed E-state index contributed by atoms with van der Waals surface area (Å²) >= 11 is 0. The molecule has 3 rings (SSSR count). The monoisotopic (exact) mass is 353 g/mol. The van der Waals surface area contributed by atoms with Crippen molar-refractivity contribution in [1.82, 2.24) is 5.43 Å². The molecular weight excluding hydrogens is 338 g/mol. The lowest BCUT2D eigenvalue weighted by molar-refractivity contribution is -0.383. The van der Waals surface area contributed by atoms with Crippen LogP contribution in [0.25, 0.3) is 11.0 Å². The van der Waals surface area contributed by atoms with Crippen LogP contribution in [0, 0.1) is 17.0 Å². The van der Waals surface area contributed by atoms with Crippen molar-refractivity contribution in [1.29, 1.82) is 0 Å². The zero-order valence-electron chi connectivity index (χ0n) is 14.1. The smallest absolute Gasteiger partial charge is 0.312 e. The summed E-state index contributed by atoms with van der Waals surface area (Å²) in [5, 5.41) is 15.6. The Morgan fingerprint density at radius 2 is 2.00 bits per heavy atom. The van der Waals surface area contributed by atoms with Crippen LogP contribution in [0.1, 0.15) is 21.7 Å². The van der Waals surface area contributed by atoms with Crippen LogP contribution < -0.4 is 10.2 Å². The Hall–Kier alpha value is -3.68. The average Bonchev–Trinajstić information content (AvgIpc) is 3.03. The molecule has 2 aromatic carbocycles. The van der Waals surface area contributed by atoms with Crippen molar-refractivity contribution >= 4 is 28.8 Å². The number of carbonyl (C=O) groups excluding carboxylic acids is 1. The molecule has 1 heterocycles. The van der Waals surface area contributed by atoms with Crippen LogP contribution in [0.3, 0.4) is 0 Å². The van der Waals surface area contributed by atoms with Crippen LogP contribution in [-0.2, 0) is 0 Å². The molecule has 0 saturated heterocycles. The lowest BCUT2D eigenvalue weighted by Gasteiger charge is -2.01. The summed E-state index contributed by atoms with van der Waals surface area (Å²) in [6.07, 6.45) is 1.29. The number of methoxy groups -OCH3 is 1.